The summed E-state index contributed by atoms with van der Waals surface area (Å²) in [5.74, 6) is -0.494. The van der Waals surface area contributed by atoms with E-state index in [1.165, 1.54) is 6.92 Å². The molecule has 3 aliphatic heterocycles. The molecule has 0 aromatic rings. The number of ether oxygens (including phenoxy) is 6. The van der Waals surface area contributed by atoms with Crippen LogP contribution in [0.5, 0.6) is 0 Å². The summed E-state index contributed by atoms with van der Waals surface area (Å²) < 4.78 is 34.7. The number of carbonyl (C=O) groups excluding carboxylic acids is 1. The lowest BCUT2D eigenvalue weighted by molar-refractivity contribution is -0.311. The van der Waals surface area contributed by atoms with E-state index in [9.17, 15) is 45.6 Å². The molecule has 17 N–H and O–H groups in total. The van der Waals surface area contributed by atoms with Crippen LogP contribution < -0.4 is 28.3 Å². The number of rotatable bonds is 10. The molecule has 3 heterocycles. The van der Waals surface area contributed by atoms with Crippen LogP contribution in [0.2, 0.25) is 0 Å². The standard InChI is InChI=1S/C25H47N5O15/c1-6(33)30-8-2-7(27)14(34)22(20(8)43-24-13(29)18(38)16(36)10(4-31)41-24)45-25-19(39)21(11(5-32)42-25)44-23-12(28)17(37)15(35)9(3-26)40-23/h7-25,31-32,34-39H,2-5,26-29H2,1H3,(H,30,33). The molecule has 1 aliphatic carbocycles. The molecule has 45 heavy (non-hydrogen) atoms. The minimum atomic E-state index is -1.67. The summed E-state index contributed by atoms with van der Waals surface area (Å²) in [5.41, 5.74) is 23.8. The molecule has 0 spiro atoms. The third-order valence-electron chi connectivity index (χ3n) is 8.66. The van der Waals surface area contributed by atoms with Gasteiger partial charge >= 0.3 is 0 Å². The SMILES string of the molecule is CC(=O)NC1CC(N)C(O)C(OC2OC(CO)C(OC3OC(CN)C(O)C(O)C3N)C2O)C1OC1OC(CO)C(O)C(O)C1N. The molecule has 0 aromatic carbocycles. The summed E-state index contributed by atoms with van der Waals surface area (Å²) in [6, 6.07) is -4.54. The first kappa shape index (κ1) is 36.6. The van der Waals surface area contributed by atoms with Gasteiger partial charge in [-0.05, 0) is 6.42 Å². The van der Waals surface area contributed by atoms with Gasteiger partial charge in [0.05, 0.1) is 37.4 Å². The highest BCUT2D eigenvalue weighted by atomic mass is 16.8. The molecule has 1 amide bonds. The Kier molecular flexibility index (Phi) is 12.5. The minimum Gasteiger partial charge on any atom is -0.394 e. The third-order valence-corrected chi connectivity index (χ3v) is 8.66. The van der Waals surface area contributed by atoms with E-state index < -0.39 is 135 Å². The predicted molar refractivity (Wildman–Crippen MR) is 146 cm³/mol. The first-order chi connectivity index (χ1) is 21.2. The number of hydrogen-bond acceptors (Lipinski definition) is 19. The van der Waals surface area contributed by atoms with Gasteiger partial charge in [0, 0.05) is 19.5 Å². The van der Waals surface area contributed by atoms with Gasteiger partial charge in [0.1, 0.15) is 67.1 Å². The zero-order chi connectivity index (χ0) is 33.3. The predicted octanol–water partition coefficient (Wildman–Crippen LogP) is -8.68. The van der Waals surface area contributed by atoms with Crippen molar-refractivity contribution in [1.82, 2.24) is 5.32 Å². The van der Waals surface area contributed by atoms with Crippen molar-refractivity contribution in [2.75, 3.05) is 19.8 Å². The molecule has 0 bridgehead atoms. The van der Waals surface area contributed by atoms with Gasteiger partial charge in [-0.15, -0.1) is 0 Å². The van der Waals surface area contributed by atoms with E-state index in [0.29, 0.717) is 0 Å². The van der Waals surface area contributed by atoms with Crippen molar-refractivity contribution in [3.63, 3.8) is 0 Å². The Morgan fingerprint density at radius 2 is 1.18 bits per heavy atom. The van der Waals surface area contributed by atoms with Gasteiger partial charge in [0.15, 0.2) is 18.9 Å². The molecule has 4 aliphatic rings. The monoisotopic (exact) mass is 657 g/mol. The van der Waals surface area contributed by atoms with Crippen LogP contribution in [0.25, 0.3) is 0 Å². The highest BCUT2D eigenvalue weighted by molar-refractivity contribution is 5.73. The quantitative estimate of drug-likeness (QED) is 0.104. The summed E-state index contributed by atoms with van der Waals surface area (Å²) in [6.45, 7) is -0.344. The van der Waals surface area contributed by atoms with Crippen LogP contribution in [0.15, 0.2) is 0 Å². The van der Waals surface area contributed by atoms with Gasteiger partial charge in [0.2, 0.25) is 5.91 Å². The normalized spacial score (nSPS) is 50.8. The Labute approximate surface area is 258 Å². The lowest BCUT2D eigenvalue weighted by Crippen LogP contribution is -2.68. The second kappa shape index (κ2) is 15.3. The van der Waals surface area contributed by atoms with Gasteiger partial charge in [-0.1, -0.05) is 0 Å². The Morgan fingerprint density at radius 3 is 1.71 bits per heavy atom. The summed E-state index contributed by atoms with van der Waals surface area (Å²) in [4.78, 5) is 12.1. The summed E-state index contributed by atoms with van der Waals surface area (Å²) in [7, 11) is 0. The average Bonchev–Trinajstić information content (AvgIpc) is 3.30. The lowest BCUT2D eigenvalue weighted by Gasteiger charge is -2.48. The van der Waals surface area contributed by atoms with Crippen molar-refractivity contribution in [1.29, 1.82) is 0 Å². The van der Waals surface area contributed by atoms with Crippen LogP contribution >= 0.6 is 0 Å². The maximum atomic E-state index is 12.1. The minimum absolute atomic E-state index is 0.0195. The molecule has 20 nitrogen and oxygen atoms in total. The summed E-state index contributed by atoms with van der Waals surface area (Å²) >= 11 is 0. The van der Waals surface area contributed by atoms with Crippen LogP contribution in [0.3, 0.4) is 0 Å². The highest BCUT2D eigenvalue weighted by Gasteiger charge is 2.55. The maximum Gasteiger partial charge on any atom is 0.217 e. The fraction of sp³-hybridized carbons (Fsp3) is 0.960. The van der Waals surface area contributed by atoms with Gasteiger partial charge in [-0.2, -0.15) is 0 Å². The number of nitrogens with two attached hydrogens (primary N) is 4. The van der Waals surface area contributed by atoms with Crippen molar-refractivity contribution in [2.24, 2.45) is 22.9 Å². The maximum absolute atomic E-state index is 12.1. The molecular weight excluding hydrogens is 610 g/mol. The molecular formula is C25H47N5O15. The van der Waals surface area contributed by atoms with Crippen molar-refractivity contribution in [3.05, 3.63) is 0 Å². The Morgan fingerprint density at radius 1 is 0.689 bits per heavy atom. The number of hydrogen-bond donors (Lipinski definition) is 13. The van der Waals surface area contributed by atoms with E-state index in [4.69, 9.17) is 51.4 Å². The molecule has 19 unspecified atom stereocenters. The fourth-order valence-corrected chi connectivity index (χ4v) is 6.06. The molecule has 1 saturated carbocycles. The topological polar surface area (TPSA) is 350 Å². The number of amides is 1. The zero-order valence-corrected chi connectivity index (χ0v) is 24.5. The van der Waals surface area contributed by atoms with Gasteiger partial charge in [0.25, 0.3) is 0 Å². The van der Waals surface area contributed by atoms with E-state index in [2.05, 4.69) is 5.32 Å². The number of carbonyl (C=O) groups is 1. The van der Waals surface area contributed by atoms with Gasteiger partial charge < -0.3 is 97.5 Å². The van der Waals surface area contributed by atoms with E-state index in [0.717, 1.165) is 0 Å². The van der Waals surface area contributed by atoms with Crippen LogP contribution in [0.1, 0.15) is 13.3 Å². The van der Waals surface area contributed by atoms with E-state index >= 15 is 0 Å². The third kappa shape index (κ3) is 7.58. The first-order valence-electron chi connectivity index (χ1n) is 14.7. The van der Waals surface area contributed by atoms with Crippen molar-refractivity contribution < 1.29 is 74.1 Å². The van der Waals surface area contributed by atoms with Crippen molar-refractivity contribution in [3.8, 4) is 0 Å². The molecule has 262 valence electrons. The first-order valence-corrected chi connectivity index (χ1v) is 14.7. The van der Waals surface area contributed by atoms with Crippen LogP contribution in [0, 0.1) is 0 Å². The zero-order valence-electron chi connectivity index (χ0n) is 24.5. The summed E-state index contributed by atoms with van der Waals surface area (Å²) in [6.07, 6.45) is -21.4. The van der Waals surface area contributed by atoms with Gasteiger partial charge in [-0.3, -0.25) is 4.79 Å². The summed E-state index contributed by atoms with van der Waals surface area (Å²) in [5, 5.41) is 85.7. The van der Waals surface area contributed by atoms with Crippen LogP contribution in [-0.4, -0.2) is 183 Å². The molecule has 0 aromatic heterocycles. The largest absolute Gasteiger partial charge is 0.394 e. The Balaban J connectivity index is 1.56. The average molecular weight is 658 g/mol. The van der Waals surface area contributed by atoms with E-state index in [1.807, 2.05) is 0 Å². The van der Waals surface area contributed by atoms with E-state index in [1.54, 1.807) is 0 Å². The second-order valence-corrected chi connectivity index (χ2v) is 11.8. The van der Waals surface area contributed by atoms with Gasteiger partial charge in [-0.25, -0.2) is 0 Å². The smallest absolute Gasteiger partial charge is 0.217 e. The Hall–Kier alpha value is -1.25. The molecule has 20 heteroatoms. The van der Waals surface area contributed by atoms with Crippen LogP contribution in [0.4, 0.5) is 0 Å². The number of aliphatic hydroxyl groups is 8. The molecule has 0 radical (unpaired) electrons. The Bertz CT molecular complexity index is 972. The second-order valence-electron chi connectivity index (χ2n) is 11.8. The highest BCUT2D eigenvalue weighted by Crippen LogP contribution is 2.34. The molecule has 4 rings (SSSR count). The molecule has 3 saturated heterocycles. The number of aliphatic hydroxyl groups excluding tert-OH is 8. The lowest BCUT2D eigenvalue weighted by atomic mass is 9.83. The fourth-order valence-electron chi connectivity index (χ4n) is 6.06. The van der Waals surface area contributed by atoms with E-state index in [-0.39, 0.29) is 13.0 Å². The molecule has 19 atom stereocenters. The molecule has 4 fully saturated rings. The van der Waals surface area contributed by atoms with Crippen LogP contribution in [-0.2, 0) is 33.2 Å². The van der Waals surface area contributed by atoms with Crippen molar-refractivity contribution in [2.45, 2.75) is 130 Å². The number of nitrogens with one attached hydrogen (secondary N) is 1. The van der Waals surface area contributed by atoms with Crippen molar-refractivity contribution >= 4 is 5.91 Å².